The van der Waals surface area contributed by atoms with Crippen molar-refractivity contribution in [2.45, 2.75) is 0 Å². The van der Waals surface area contributed by atoms with E-state index in [-0.39, 0.29) is 0 Å². The molecule has 0 aromatic heterocycles. The first-order chi connectivity index (χ1) is 2.27. The predicted octanol–water partition coefficient (Wildman–Crippen LogP) is 0.0168. The fourth-order valence-electron chi connectivity index (χ4n) is 0. The Morgan fingerprint density at radius 3 is 1.80 bits per heavy atom. The Kier molecular flexibility index (Phi) is 3.38. The number of hydrogen-bond acceptors (Lipinski definition) is 2. The monoisotopic (exact) mass is 201 g/mol. The van der Waals surface area contributed by atoms with Crippen molar-refractivity contribution in [3.63, 3.8) is 0 Å². The first-order valence-corrected chi connectivity index (χ1v) is 5.93. The molecular weight excluding hydrogens is 201 g/mol. The van der Waals surface area contributed by atoms with Gasteiger partial charge in [-0.2, -0.15) is 0 Å². The molecule has 5 heteroatoms. The van der Waals surface area contributed by atoms with E-state index in [9.17, 15) is 8.42 Å². The Hall–Kier alpha value is 0.733. The summed E-state index contributed by atoms with van der Waals surface area (Å²) in [4.78, 5) is 0. The molecule has 0 aromatic rings. The van der Waals surface area contributed by atoms with E-state index in [1.807, 2.05) is 0 Å². The molecule has 5 heavy (non-hydrogen) atoms. The van der Waals surface area contributed by atoms with Gasteiger partial charge in [-0.1, -0.05) is 0 Å². The van der Waals surface area contributed by atoms with Gasteiger partial charge in [-0.05, 0) is 0 Å². The van der Waals surface area contributed by atoms with Gasteiger partial charge in [0.1, 0.15) is 0 Å². The summed E-state index contributed by atoms with van der Waals surface area (Å²) in [5.74, 6) is 0. The van der Waals surface area contributed by atoms with Crippen LogP contribution in [0, 0.1) is 0 Å². The van der Waals surface area contributed by atoms with E-state index in [1.54, 1.807) is 0 Å². The number of rotatable bonds is 0. The van der Waals surface area contributed by atoms with Crippen LogP contribution in [0.15, 0.2) is 0 Å². The van der Waals surface area contributed by atoms with Crippen LogP contribution in [0.5, 0.6) is 0 Å². The summed E-state index contributed by atoms with van der Waals surface area (Å²) in [7, 11) is 2.85. The number of hydrogen-bond donors (Lipinski definition) is 0. The predicted molar refractivity (Wildman–Crippen MR) is 14.8 cm³/mol. The maximum atomic E-state index is 9.28. The minimum absolute atomic E-state index is 0.926. The zero-order valence-corrected chi connectivity index (χ0v) is 5.27. The van der Waals surface area contributed by atoms with Crippen LogP contribution < -0.4 is 0 Å². The van der Waals surface area contributed by atoms with Crippen LogP contribution in [0.4, 0.5) is 0 Å². The van der Waals surface area contributed by atoms with Gasteiger partial charge in [-0.3, -0.25) is 0 Å². The van der Waals surface area contributed by atoms with Crippen molar-refractivity contribution >= 4 is 17.9 Å². The first-order valence-electron chi connectivity index (χ1n) is 0.611. The van der Waals surface area contributed by atoms with Crippen LogP contribution >= 0.6 is 9.69 Å². The van der Waals surface area contributed by atoms with Crippen molar-refractivity contribution < 1.29 is 22.8 Å². The van der Waals surface area contributed by atoms with Crippen molar-refractivity contribution in [1.82, 2.24) is 0 Å². The third-order valence-corrected chi connectivity index (χ3v) is 2.37. The number of halogens is 1. The van der Waals surface area contributed by atoms with Gasteiger partial charge in [0.25, 0.3) is 0 Å². The van der Waals surface area contributed by atoms with E-state index in [0.717, 1.165) is 0 Å². The van der Waals surface area contributed by atoms with Crippen LogP contribution in [0.2, 0.25) is 0 Å². The molecule has 0 spiro atoms. The van der Waals surface area contributed by atoms with Gasteiger partial charge in [0.15, 0.2) is 0 Å². The quantitative estimate of drug-likeness (QED) is 0.517. The Morgan fingerprint density at radius 2 is 1.80 bits per heavy atom. The molecule has 0 aliphatic carbocycles. The molecule has 0 aromatic carbocycles. The summed E-state index contributed by atoms with van der Waals surface area (Å²) in [5, 5.41) is 0. The molecule has 0 amide bonds. The Bertz CT molecular complexity index is 113. The van der Waals surface area contributed by atoms with Gasteiger partial charge in [0.05, 0.1) is 0 Å². The molecule has 0 aliphatic rings. The zero-order chi connectivity index (χ0) is 4.28. The van der Waals surface area contributed by atoms with Gasteiger partial charge < -0.3 is 0 Å². The van der Waals surface area contributed by atoms with Crippen LogP contribution in [0.25, 0.3) is 0 Å². The van der Waals surface area contributed by atoms with Gasteiger partial charge in [-0.15, -0.1) is 0 Å². The molecule has 0 rings (SSSR count). The van der Waals surface area contributed by atoms with E-state index < -0.39 is 22.6 Å². The van der Waals surface area contributed by atoms with Crippen LogP contribution in [-0.2, 0) is 22.6 Å². The zero-order valence-electron chi connectivity index (χ0n) is 1.96. The summed E-state index contributed by atoms with van der Waals surface area (Å²) >= 11 is -0.926. The SMILES string of the molecule is O=[S](=O)=[Ru][Cl]. The molecule has 0 saturated heterocycles. The van der Waals surface area contributed by atoms with E-state index in [4.69, 9.17) is 9.69 Å². The standard InChI is InChI=1S/ClH.O2S.Ru/c;1-3-2;/h1H;;/q;;+1/p-1. The normalized spacial score (nSPS) is 7.40. The molecule has 0 radical (unpaired) electrons. The summed E-state index contributed by atoms with van der Waals surface area (Å²) in [6.45, 7) is 0. The van der Waals surface area contributed by atoms with Crippen molar-refractivity contribution in [3.05, 3.63) is 0 Å². The van der Waals surface area contributed by atoms with Gasteiger partial charge >= 0.3 is 40.7 Å². The molecule has 0 fully saturated rings. The third kappa shape index (κ3) is 4.73. The average Bonchev–Trinajstić information content (AvgIpc) is 1.38. The van der Waals surface area contributed by atoms with E-state index >= 15 is 0 Å². The second-order valence-electron chi connectivity index (χ2n) is 0.240. The second-order valence-corrected chi connectivity index (χ2v) is 5.20. The maximum absolute atomic E-state index is 9.28. The average molecular weight is 201 g/mol. The van der Waals surface area contributed by atoms with Crippen molar-refractivity contribution in [3.8, 4) is 0 Å². The van der Waals surface area contributed by atoms with Crippen LogP contribution in [0.3, 0.4) is 0 Å². The van der Waals surface area contributed by atoms with Crippen molar-refractivity contribution in [2.75, 3.05) is 0 Å². The summed E-state index contributed by atoms with van der Waals surface area (Å²) in [5.41, 5.74) is 0. The summed E-state index contributed by atoms with van der Waals surface area (Å²) < 4.78 is 18.6. The summed E-state index contributed by atoms with van der Waals surface area (Å²) in [6.07, 6.45) is 0. The van der Waals surface area contributed by atoms with Gasteiger partial charge in [-0.25, -0.2) is 0 Å². The Balaban J connectivity index is 4.25. The fourth-order valence-corrected chi connectivity index (χ4v) is 0. The molecule has 0 saturated carbocycles. The van der Waals surface area contributed by atoms with Crippen molar-refractivity contribution in [2.24, 2.45) is 0 Å². The molecule has 0 heterocycles. The van der Waals surface area contributed by atoms with Crippen LogP contribution in [0.1, 0.15) is 0 Å². The molecule has 0 N–H and O–H groups in total. The van der Waals surface area contributed by atoms with E-state index in [2.05, 4.69) is 0 Å². The molecule has 0 unspecified atom stereocenters. The van der Waals surface area contributed by atoms with Gasteiger partial charge in [0.2, 0.25) is 0 Å². The minimum atomic E-state index is -1.97. The molecule has 0 aliphatic heterocycles. The third-order valence-electron chi connectivity index (χ3n) is 0.0445. The van der Waals surface area contributed by atoms with Crippen molar-refractivity contribution in [1.29, 1.82) is 0 Å². The first kappa shape index (κ1) is 5.73. The Morgan fingerprint density at radius 1 is 1.60 bits per heavy atom. The summed E-state index contributed by atoms with van der Waals surface area (Å²) in [6, 6.07) is 0. The van der Waals surface area contributed by atoms with E-state index in [0.29, 0.717) is 0 Å². The molecule has 0 atom stereocenters. The topological polar surface area (TPSA) is 34.1 Å². The Labute approximate surface area is 40.9 Å². The molecular formula is ClO2RuS. The van der Waals surface area contributed by atoms with Crippen LogP contribution in [-0.4, -0.2) is 8.42 Å². The molecule has 0 bridgehead atoms. The molecule has 33 valence electrons. The second kappa shape index (κ2) is 2.94. The molecule has 2 nitrogen and oxygen atoms in total. The fraction of sp³-hybridized carbons (Fsp3) is 0. The van der Waals surface area contributed by atoms with E-state index in [1.165, 1.54) is 0 Å². The van der Waals surface area contributed by atoms with Gasteiger partial charge in [0, 0.05) is 0 Å².